The SMILES string of the molecule is CC(=O)c1cccc(C(C)C2CCC2)c1. The summed E-state index contributed by atoms with van der Waals surface area (Å²) < 4.78 is 0. The highest BCUT2D eigenvalue weighted by atomic mass is 16.1. The van der Waals surface area contributed by atoms with E-state index in [1.54, 1.807) is 6.92 Å². The minimum Gasteiger partial charge on any atom is -0.295 e. The van der Waals surface area contributed by atoms with Crippen LogP contribution in [0.5, 0.6) is 0 Å². The van der Waals surface area contributed by atoms with Crippen LogP contribution < -0.4 is 0 Å². The van der Waals surface area contributed by atoms with Crippen LogP contribution in [0, 0.1) is 5.92 Å². The molecular formula is C14H18O. The largest absolute Gasteiger partial charge is 0.295 e. The van der Waals surface area contributed by atoms with Gasteiger partial charge in [-0.15, -0.1) is 0 Å². The Hall–Kier alpha value is -1.11. The number of carbonyl (C=O) groups excluding carboxylic acids is 1. The van der Waals surface area contributed by atoms with Crippen molar-refractivity contribution in [1.29, 1.82) is 0 Å². The molecule has 2 rings (SSSR count). The highest BCUT2D eigenvalue weighted by molar-refractivity contribution is 5.94. The highest BCUT2D eigenvalue weighted by Gasteiger charge is 2.25. The van der Waals surface area contributed by atoms with Gasteiger partial charge in [0.25, 0.3) is 0 Å². The molecule has 0 aromatic heterocycles. The number of carbonyl (C=O) groups is 1. The fourth-order valence-corrected chi connectivity index (χ4v) is 2.25. The molecule has 0 heterocycles. The van der Waals surface area contributed by atoms with Gasteiger partial charge in [0.05, 0.1) is 0 Å². The second kappa shape index (κ2) is 4.18. The number of rotatable bonds is 3. The molecule has 1 aromatic carbocycles. The topological polar surface area (TPSA) is 17.1 Å². The Labute approximate surface area is 91.5 Å². The summed E-state index contributed by atoms with van der Waals surface area (Å²) in [7, 11) is 0. The van der Waals surface area contributed by atoms with E-state index >= 15 is 0 Å². The van der Waals surface area contributed by atoms with Crippen LogP contribution >= 0.6 is 0 Å². The fraction of sp³-hybridized carbons (Fsp3) is 0.500. The first-order chi connectivity index (χ1) is 7.18. The molecule has 80 valence electrons. The summed E-state index contributed by atoms with van der Waals surface area (Å²) in [5, 5.41) is 0. The Morgan fingerprint density at radius 1 is 1.40 bits per heavy atom. The van der Waals surface area contributed by atoms with Gasteiger partial charge in [-0.3, -0.25) is 4.79 Å². The number of ketones is 1. The third-order valence-corrected chi connectivity index (χ3v) is 3.68. The first-order valence-electron chi connectivity index (χ1n) is 5.79. The maximum absolute atomic E-state index is 11.3. The molecule has 1 fully saturated rings. The van der Waals surface area contributed by atoms with E-state index in [0.717, 1.165) is 11.5 Å². The van der Waals surface area contributed by atoms with Crippen LogP contribution in [0.1, 0.15) is 54.9 Å². The van der Waals surface area contributed by atoms with Gasteiger partial charge in [0.2, 0.25) is 0 Å². The van der Waals surface area contributed by atoms with Gasteiger partial charge in [0.15, 0.2) is 5.78 Å². The summed E-state index contributed by atoms with van der Waals surface area (Å²) in [6, 6.07) is 8.11. The van der Waals surface area contributed by atoms with E-state index < -0.39 is 0 Å². The van der Waals surface area contributed by atoms with E-state index in [2.05, 4.69) is 19.1 Å². The van der Waals surface area contributed by atoms with Crippen molar-refractivity contribution < 1.29 is 4.79 Å². The first kappa shape index (κ1) is 10.4. The summed E-state index contributed by atoms with van der Waals surface area (Å²) >= 11 is 0. The Kier molecular flexibility index (Phi) is 2.90. The standard InChI is InChI=1S/C14H18O/c1-10(12-5-3-6-12)13-7-4-8-14(9-13)11(2)15/h4,7-10,12H,3,5-6H2,1-2H3. The maximum atomic E-state index is 11.3. The predicted octanol–water partition coefficient (Wildman–Crippen LogP) is 3.79. The highest BCUT2D eigenvalue weighted by Crippen LogP contribution is 2.38. The summed E-state index contributed by atoms with van der Waals surface area (Å²) in [5.41, 5.74) is 2.17. The van der Waals surface area contributed by atoms with E-state index in [9.17, 15) is 4.79 Å². The molecule has 0 amide bonds. The van der Waals surface area contributed by atoms with Crippen LogP contribution in [0.15, 0.2) is 24.3 Å². The van der Waals surface area contributed by atoms with Crippen LogP contribution in [0.4, 0.5) is 0 Å². The van der Waals surface area contributed by atoms with Gasteiger partial charge in [0.1, 0.15) is 0 Å². The van der Waals surface area contributed by atoms with Gasteiger partial charge in [-0.1, -0.05) is 31.5 Å². The third-order valence-electron chi connectivity index (χ3n) is 3.68. The molecule has 15 heavy (non-hydrogen) atoms. The number of Topliss-reactive ketones (excluding diaryl/α,β-unsaturated/α-hetero) is 1. The quantitative estimate of drug-likeness (QED) is 0.681. The van der Waals surface area contributed by atoms with E-state index in [-0.39, 0.29) is 5.78 Å². The van der Waals surface area contributed by atoms with Crippen molar-refractivity contribution in [3.8, 4) is 0 Å². The summed E-state index contributed by atoms with van der Waals surface area (Å²) in [6.45, 7) is 3.91. The Morgan fingerprint density at radius 2 is 2.13 bits per heavy atom. The Morgan fingerprint density at radius 3 is 2.67 bits per heavy atom. The van der Waals surface area contributed by atoms with Crippen LogP contribution in [0.3, 0.4) is 0 Å². The van der Waals surface area contributed by atoms with Crippen LogP contribution in [-0.4, -0.2) is 5.78 Å². The van der Waals surface area contributed by atoms with Crippen LogP contribution in [0.2, 0.25) is 0 Å². The lowest BCUT2D eigenvalue weighted by molar-refractivity contribution is 0.101. The lowest BCUT2D eigenvalue weighted by Gasteiger charge is -2.31. The summed E-state index contributed by atoms with van der Waals surface area (Å²) in [5.74, 6) is 1.61. The average Bonchev–Trinajstić information content (AvgIpc) is 2.15. The van der Waals surface area contributed by atoms with Gasteiger partial charge < -0.3 is 0 Å². The minimum absolute atomic E-state index is 0.164. The molecule has 0 bridgehead atoms. The molecule has 1 heteroatoms. The molecule has 0 N–H and O–H groups in total. The normalized spacial score (nSPS) is 18.3. The maximum Gasteiger partial charge on any atom is 0.159 e. The van der Waals surface area contributed by atoms with Crippen molar-refractivity contribution in [2.45, 2.75) is 39.0 Å². The lowest BCUT2D eigenvalue weighted by atomic mass is 9.74. The number of hydrogen-bond donors (Lipinski definition) is 0. The first-order valence-corrected chi connectivity index (χ1v) is 5.79. The molecule has 0 radical (unpaired) electrons. The van der Waals surface area contributed by atoms with Gasteiger partial charge in [-0.2, -0.15) is 0 Å². The molecule has 0 aliphatic heterocycles. The van der Waals surface area contributed by atoms with Crippen molar-refractivity contribution in [3.05, 3.63) is 35.4 Å². The molecule has 1 nitrogen and oxygen atoms in total. The van der Waals surface area contributed by atoms with Gasteiger partial charge >= 0.3 is 0 Å². The fourth-order valence-electron chi connectivity index (χ4n) is 2.25. The zero-order valence-electron chi connectivity index (χ0n) is 9.49. The second-order valence-corrected chi connectivity index (χ2v) is 4.66. The van der Waals surface area contributed by atoms with E-state index in [0.29, 0.717) is 5.92 Å². The van der Waals surface area contributed by atoms with Gasteiger partial charge in [-0.25, -0.2) is 0 Å². The summed E-state index contributed by atoms with van der Waals surface area (Å²) in [6.07, 6.45) is 4.08. The van der Waals surface area contributed by atoms with Crippen molar-refractivity contribution in [2.24, 2.45) is 5.92 Å². The molecule has 1 aliphatic rings. The molecule has 0 spiro atoms. The predicted molar refractivity (Wildman–Crippen MR) is 62.2 cm³/mol. The molecule has 1 unspecified atom stereocenters. The van der Waals surface area contributed by atoms with E-state index in [1.807, 2.05) is 12.1 Å². The van der Waals surface area contributed by atoms with Gasteiger partial charge in [-0.05, 0) is 43.2 Å². The van der Waals surface area contributed by atoms with Crippen molar-refractivity contribution in [3.63, 3.8) is 0 Å². The number of benzene rings is 1. The molecular weight excluding hydrogens is 184 g/mol. The zero-order valence-corrected chi connectivity index (χ0v) is 9.49. The minimum atomic E-state index is 0.164. The van der Waals surface area contributed by atoms with Crippen molar-refractivity contribution in [2.75, 3.05) is 0 Å². The van der Waals surface area contributed by atoms with Crippen molar-refractivity contribution in [1.82, 2.24) is 0 Å². The Bertz CT molecular complexity index is 363. The van der Waals surface area contributed by atoms with E-state index in [4.69, 9.17) is 0 Å². The monoisotopic (exact) mass is 202 g/mol. The second-order valence-electron chi connectivity index (χ2n) is 4.66. The average molecular weight is 202 g/mol. The number of hydrogen-bond acceptors (Lipinski definition) is 1. The summed E-state index contributed by atoms with van der Waals surface area (Å²) in [4.78, 5) is 11.3. The van der Waals surface area contributed by atoms with E-state index in [1.165, 1.54) is 24.8 Å². The zero-order chi connectivity index (χ0) is 10.8. The van der Waals surface area contributed by atoms with Gasteiger partial charge in [0, 0.05) is 5.56 Å². The smallest absolute Gasteiger partial charge is 0.159 e. The third kappa shape index (κ3) is 2.11. The molecule has 1 saturated carbocycles. The Balaban J connectivity index is 2.19. The van der Waals surface area contributed by atoms with Crippen LogP contribution in [0.25, 0.3) is 0 Å². The molecule has 1 aliphatic carbocycles. The molecule has 1 atom stereocenters. The molecule has 1 aromatic rings. The lowest BCUT2D eigenvalue weighted by Crippen LogP contribution is -2.18. The van der Waals surface area contributed by atoms with Crippen molar-refractivity contribution >= 4 is 5.78 Å². The van der Waals surface area contributed by atoms with Crippen LogP contribution in [-0.2, 0) is 0 Å². The molecule has 0 saturated heterocycles.